The van der Waals surface area contributed by atoms with Crippen LogP contribution in [0.15, 0.2) is 22.7 Å². The summed E-state index contributed by atoms with van der Waals surface area (Å²) in [6, 6.07) is 4.14. The third-order valence-electron chi connectivity index (χ3n) is 2.23. The smallest absolute Gasteiger partial charge is 0.325 e. The maximum absolute atomic E-state index is 11.4. The van der Waals surface area contributed by atoms with Gasteiger partial charge >= 0.3 is 5.97 Å². The number of carbonyl (C=O) groups excluding carboxylic acids is 1. The minimum atomic E-state index is -1.07. The molecule has 0 bridgehead atoms. The van der Waals surface area contributed by atoms with Crippen LogP contribution < -0.4 is 10.1 Å². The van der Waals surface area contributed by atoms with Gasteiger partial charge in [-0.05, 0) is 41.1 Å². The lowest BCUT2D eigenvalue weighted by atomic mass is 10.3. The van der Waals surface area contributed by atoms with Crippen molar-refractivity contribution in [3.05, 3.63) is 27.7 Å². The summed E-state index contributed by atoms with van der Waals surface area (Å²) >= 11 is 9.07. The number of hydrogen-bond acceptors (Lipinski definition) is 3. The largest absolute Gasteiger partial charge is 0.492 e. The Kier molecular flexibility index (Phi) is 6.11. The van der Waals surface area contributed by atoms with Crippen LogP contribution in [0.3, 0.4) is 0 Å². The molecule has 0 aliphatic carbocycles. The van der Waals surface area contributed by atoms with Gasteiger partial charge in [-0.15, -0.1) is 0 Å². The van der Waals surface area contributed by atoms with Crippen molar-refractivity contribution < 1.29 is 19.4 Å². The lowest BCUT2D eigenvalue weighted by molar-refractivity contribution is -0.141. The molecule has 0 saturated carbocycles. The van der Waals surface area contributed by atoms with E-state index in [9.17, 15) is 9.59 Å². The highest BCUT2D eigenvalue weighted by Gasteiger charge is 2.13. The lowest BCUT2D eigenvalue weighted by Gasteiger charge is -2.10. The highest BCUT2D eigenvalue weighted by atomic mass is 79.9. The first kappa shape index (κ1) is 15.8. The summed E-state index contributed by atoms with van der Waals surface area (Å²) in [4.78, 5) is 21.9. The summed E-state index contributed by atoms with van der Waals surface area (Å²) in [5.74, 6) is -0.877. The molecule has 1 rings (SSSR count). The van der Waals surface area contributed by atoms with Gasteiger partial charge in [0.15, 0.2) is 0 Å². The summed E-state index contributed by atoms with van der Waals surface area (Å²) < 4.78 is 6.08. The van der Waals surface area contributed by atoms with E-state index in [1.54, 1.807) is 18.2 Å². The zero-order valence-electron chi connectivity index (χ0n) is 10.2. The number of carboxylic acids is 1. The summed E-state index contributed by atoms with van der Waals surface area (Å²) in [5.41, 5.74) is 0. The molecule has 0 aromatic heterocycles. The van der Waals surface area contributed by atoms with E-state index in [2.05, 4.69) is 21.2 Å². The monoisotopic (exact) mass is 349 g/mol. The van der Waals surface area contributed by atoms with Gasteiger partial charge in [0.25, 0.3) is 0 Å². The summed E-state index contributed by atoms with van der Waals surface area (Å²) in [6.07, 6.45) is 0.0761. The molecule has 0 aliphatic rings. The van der Waals surface area contributed by atoms with Gasteiger partial charge < -0.3 is 15.2 Å². The fourth-order valence-electron chi connectivity index (χ4n) is 1.22. The second kappa shape index (κ2) is 7.35. The van der Waals surface area contributed by atoms with Crippen LogP contribution in [0.5, 0.6) is 5.75 Å². The second-order valence-electron chi connectivity index (χ2n) is 3.80. The second-order valence-corrected chi connectivity index (χ2v) is 5.09. The van der Waals surface area contributed by atoms with Crippen LogP contribution in [0, 0.1) is 0 Å². The average molecular weight is 351 g/mol. The first-order chi connectivity index (χ1) is 8.90. The van der Waals surface area contributed by atoms with Crippen molar-refractivity contribution in [3.8, 4) is 5.75 Å². The molecule has 0 spiro atoms. The molecule has 7 heteroatoms. The van der Waals surface area contributed by atoms with Crippen molar-refractivity contribution in [2.24, 2.45) is 0 Å². The number of amides is 1. The summed E-state index contributed by atoms with van der Waals surface area (Å²) in [7, 11) is 0. The summed E-state index contributed by atoms with van der Waals surface area (Å²) in [6.45, 7) is 1.55. The normalized spacial score (nSPS) is 11.7. The fraction of sp³-hybridized carbons (Fsp3) is 0.333. The molecule has 0 fully saturated rings. The Hall–Kier alpha value is -1.27. The van der Waals surface area contributed by atoms with E-state index in [1.165, 1.54) is 6.92 Å². The van der Waals surface area contributed by atoms with E-state index in [-0.39, 0.29) is 18.9 Å². The van der Waals surface area contributed by atoms with Crippen LogP contribution in [0.4, 0.5) is 0 Å². The molecule has 0 heterocycles. The van der Waals surface area contributed by atoms with Gasteiger partial charge in [-0.3, -0.25) is 9.59 Å². The van der Waals surface area contributed by atoms with Gasteiger partial charge in [0.05, 0.1) is 17.5 Å². The molecule has 0 aliphatic heterocycles. The minimum Gasteiger partial charge on any atom is -0.492 e. The molecule has 104 valence electrons. The van der Waals surface area contributed by atoms with Gasteiger partial charge in [0.2, 0.25) is 5.91 Å². The van der Waals surface area contributed by atoms with Gasteiger partial charge in [-0.25, -0.2) is 0 Å². The standard InChI is InChI=1S/C12H13BrClNO4/c1-7(12(17)18)15-11(16)4-5-19-10-3-2-8(14)6-9(10)13/h2-3,6-7H,4-5H2,1H3,(H,15,16)(H,17,18)/t7-/m0/s1. The van der Waals surface area contributed by atoms with E-state index in [1.807, 2.05) is 0 Å². The Morgan fingerprint density at radius 3 is 2.79 bits per heavy atom. The van der Waals surface area contributed by atoms with E-state index in [0.717, 1.165) is 0 Å². The number of halogens is 2. The number of benzene rings is 1. The molecular formula is C12H13BrClNO4. The van der Waals surface area contributed by atoms with Crippen molar-refractivity contribution in [2.45, 2.75) is 19.4 Å². The third-order valence-corrected chi connectivity index (χ3v) is 3.08. The SMILES string of the molecule is C[C@H](NC(=O)CCOc1ccc(Cl)cc1Br)C(=O)O. The Morgan fingerprint density at radius 2 is 2.21 bits per heavy atom. The molecule has 1 amide bonds. The van der Waals surface area contributed by atoms with E-state index < -0.39 is 12.0 Å². The number of nitrogens with one attached hydrogen (secondary N) is 1. The molecule has 0 radical (unpaired) electrons. The van der Waals surface area contributed by atoms with Crippen LogP contribution in [-0.2, 0) is 9.59 Å². The van der Waals surface area contributed by atoms with Gasteiger partial charge in [0, 0.05) is 5.02 Å². The molecule has 1 aromatic rings. The number of aliphatic carboxylic acids is 1. The van der Waals surface area contributed by atoms with Crippen LogP contribution in [0.25, 0.3) is 0 Å². The van der Waals surface area contributed by atoms with Crippen molar-refractivity contribution >= 4 is 39.4 Å². The molecular weight excluding hydrogens is 337 g/mol. The first-order valence-corrected chi connectivity index (χ1v) is 6.67. The average Bonchev–Trinajstić information content (AvgIpc) is 2.31. The summed E-state index contributed by atoms with van der Waals surface area (Å²) in [5, 5.41) is 11.5. The van der Waals surface area contributed by atoms with Gasteiger partial charge in [-0.1, -0.05) is 11.6 Å². The molecule has 1 aromatic carbocycles. The maximum Gasteiger partial charge on any atom is 0.325 e. The molecule has 19 heavy (non-hydrogen) atoms. The van der Waals surface area contributed by atoms with Gasteiger partial charge in [-0.2, -0.15) is 0 Å². The topological polar surface area (TPSA) is 75.6 Å². The Bertz CT molecular complexity index is 481. The molecule has 2 N–H and O–H groups in total. The third kappa shape index (κ3) is 5.48. The Morgan fingerprint density at radius 1 is 1.53 bits per heavy atom. The number of carbonyl (C=O) groups is 2. The predicted octanol–water partition coefficient (Wildman–Crippen LogP) is 2.46. The van der Waals surface area contributed by atoms with Crippen LogP contribution in [0.1, 0.15) is 13.3 Å². The quantitative estimate of drug-likeness (QED) is 0.826. The van der Waals surface area contributed by atoms with Gasteiger partial charge in [0.1, 0.15) is 11.8 Å². The molecule has 0 saturated heterocycles. The van der Waals surface area contributed by atoms with Crippen molar-refractivity contribution in [2.75, 3.05) is 6.61 Å². The van der Waals surface area contributed by atoms with E-state index in [4.69, 9.17) is 21.4 Å². The lowest BCUT2D eigenvalue weighted by Crippen LogP contribution is -2.38. The molecule has 0 unspecified atom stereocenters. The van der Waals surface area contributed by atoms with Crippen LogP contribution in [-0.4, -0.2) is 29.6 Å². The van der Waals surface area contributed by atoms with Crippen LogP contribution in [0.2, 0.25) is 5.02 Å². The number of hydrogen-bond donors (Lipinski definition) is 2. The highest BCUT2D eigenvalue weighted by Crippen LogP contribution is 2.27. The van der Waals surface area contributed by atoms with E-state index in [0.29, 0.717) is 15.2 Å². The van der Waals surface area contributed by atoms with E-state index >= 15 is 0 Å². The molecule has 5 nitrogen and oxygen atoms in total. The maximum atomic E-state index is 11.4. The fourth-order valence-corrected chi connectivity index (χ4v) is 2.02. The zero-order valence-corrected chi connectivity index (χ0v) is 12.5. The van der Waals surface area contributed by atoms with Crippen molar-refractivity contribution in [3.63, 3.8) is 0 Å². The Balaban J connectivity index is 2.38. The number of ether oxygens (including phenoxy) is 1. The molecule has 1 atom stereocenters. The highest BCUT2D eigenvalue weighted by molar-refractivity contribution is 9.10. The zero-order chi connectivity index (χ0) is 14.4. The Labute approximate surface area is 124 Å². The number of rotatable bonds is 6. The minimum absolute atomic E-state index is 0.0761. The van der Waals surface area contributed by atoms with Crippen LogP contribution >= 0.6 is 27.5 Å². The first-order valence-electron chi connectivity index (χ1n) is 5.50. The number of carboxylic acid groups (broad SMARTS) is 1. The van der Waals surface area contributed by atoms with Crippen molar-refractivity contribution in [1.29, 1.82) is 0 Å². The predicted molar refractivity (Wildman–Crippen MR) is 74.5 cm³/mol. The van der Waals surface area contributed by atoms with Crippen molar-refractivity contribution in [1.82, 2.24) is 5.32 Å².